The maximum atomic E-state index is 13.0. The summed E-state index contributed by atoms with van der Waals surface area (Å²) in [5.74, 6) is -0.151. The number of carbonyl (C=O) groups excluding carboxylic acids is 1. The summed E-state index contributed by atoms with van der Waals surface area (Å²) in [5.41, 5.74) is 0. The zero-order valence-corrected chi connectivity index (χ0v) is 44.5. The maximum Gasteiger partial charge on any atom is 0.220 e. The molecular formula is C61H105NO8. The summed E-state index contributed by atoms with van der Waals surface area (Å²) < 4.78 is 11.2. The van der Waals surface area contributed by atoms with E-state index in [1.165, 1.54) is 109 Å². The Balaban J connectivity index is 2.05. The molecule has 9 heteroatoms. The molecular weight excluding hydrogens is 875 g/mol. The van der Waals surface area contributed by atoms with E-state index in [4.69, 9.17) is 9.47 Å². The van der Waals surface area contributed by atoms with Crippen LogP contribution < -0.4 is 5.32 Å². The summed E-state index contributed by atoms with van der Waals surface area (Å²) in [6.45, 7) is 3.67. The molecule has 1 fully saturated rings. The fraction of sp³-hybridized carbons (Fsp3) is 0.721. The maximum absolute atomic E-state index is 13.0. The Kier molecular flexibility index (Phi) is 46.2. The van der Waals surface area contributed by atoms with Gasteiger partial charge in [0, 0.05) is 6.42 Å². The molecule has 0 aromatic heterocycles. The standard InChI is InChI=1S/C61H105NO8/c1-3-5-7-9-11-13-14-15-16-17-18-19-20-21-22-23-24-25-26-27-28-29-30-31-32-33-34-35-36-37-38-39-40-41-42-43-45-47-49-51-57(65)62-54(55(64)50-48-46-44-12-10-8-6-4-2)53-69-61-60(68)59(67)58(66)56(52-63)70-61/h5,7,11,13,15-16,18-19,21-22,24-25,27-28,30-31,54-56,58-61,63-64,66-68H,3-4,6,8-10,12,14,17,20,23,26,29,32-53H2,1-2H3,(H,62,65)/b7-5-,13-11-,16-15-,19-18-,22-21-,25-24-,28-27-,31-30-. The fourth-order valence-corrected chi connectivity index (χ4v) is 8.47. The van der Waals surface area contributed by atoms with Crippen LogP contribution in [0.2, 0.25) is 0 Å². The summed E-state index contributed by atoms with van der Waals surface area (Å²) in [6, 6.07) is -0.721. The Morgan fingerprint density at radius 3 is 1.31 bits per heavy atom. The van der Waals surface area contributed by atoms with E-state index in [-0.39, 0.29) is 12.5 Å². The monoisotopic (exact) mass is 980 g/mol. The van der Waals surface area contributed by atoms with Crippen molar-refractivity contribution in [2.45, 2.75) is 269 Å². The summed E-state index contributed by atoms with van der Waals surface area (Å²) in [7, 11) is 0. The van der Waals surface area contributed by atoms with E-state index in [0.29, 0.717) is 12.8 Å². The molecule has 7 atom stereocenters. The highest BCUT2D eigenvalue weighted by Crippen LogP contribution is 2.23. The van der Waals surface area contributed by atoms with Crippen LogP contribution in [0, 0.1) is 0 Å². The lowest BCUT2D eigenvalue weighted by Gasteiger charge is -2.40. The molecule has 1 amide bonds. The first-order valence-electron chi connectivity index (χ1n) is 28.4. The molecule has 9 nitrogen and oxygen atoms in total. The van der Waals surface area contributed by atoms with Crippen LogP contribution in [-0.4, -0.2) is 87.5 Å². The number of rotatable bonds is 47. The summed E-state index contributed by atoms with van der Waals surface area (Å²) in [6.07, 6.45) is 64.7. The third-order valence-electron chi connectivity index (χ3n) is 13.0. The van der Waals surface area contributed by atoms with E-state index in [1.54, 1.807) is 0 Å². The fourth-order valence-electron chi connectivity index (χ4n) is 8.47. The molecule has 0 aliphatic carbocycles. The van der Waals surface area contributed by atoms with Crippen molar-refractivity contribution >= 4 is 5.91 Å². The van der Waals surface area contributed by atoms with Crippen LogP contribution in [0.25, 0.3) is 0 Å². The lowest BCUT2D eigenvalue weighted by molar-refractivity contribution is -0.302. The Morgan fingerprint density at radius 1 is 0.500 bits per heavy atom. The molecule has 0 saturated carbocycles. The minimum Gasteiger partial charge on any atom is -0.394 e. The van der Waals surface area contributed by atoms with E-state index < -0.39 is 49.5 Å². The number of allylic oxidation sites excluding steroid dienone is 16. The minimum atomic E-state index is -1.55. The Hall–Kier alpha value is -2.89. The number of hydrogen-bond acceptors (Lipinski definition) is 8. The smallest absolute Gasteiger partial charge is 0.220 e. The van der Waals surface area contributed by atoms with Crippen molar-refractivity contribution in [1.29, 1.82) is 0 Å². The van der Waals surface area contributed by atoms with Crippen LogP contribution in [0.15, 0.2) is 97.2 Å². The SMILES string of the molecule is CC/C=C\C/C=C\C/C=C\C/C=C\C/C=C\C/C=C\C/C=C\C/C=C\CCCCCCCCCCCCCCCCC(=O)NC(COC1OC(CO)C(O)C(O)C1O)C(O)CCCCCCCCCC. The Bertz CT molecular complexity index is 1420. The highest BCUT2D eigenvalue weighted by atomic mass is 16.7. The second kappa shape index (κ2) is 49.7. The third kappa shape index (κ3) is 38.7. The number of unbranched alkanes of at least 4 members (excludes halogenated alkanes) is 21. The second-order valence-electron chi connectivity index (χ2n) is 19.4. The summed E-state index contributed by atoms with van der Waals surface area (Å²) in [4.78, 5) is 13.0. The number of ether oxygens (including phenoxy) is 2. The predicted molar refractivity (Wildman–Crippen MR) is 294 cm³/mol. The average Bonchev–Trinajstić information content (AvgIpc) is 3.36. The summed E-state index contributed by atoms with van der Waals surface area (Å²) >= 11 is 0. The van der Waals surface area contributed by atoms with Gasteiger partial charge in [0.05, 0.1) is 25.4 Å². The van der Waals surface area contributed by atoms with Crippen LogP contribution in [-0.2, 0) is 14.3 Å². The van der Waals surface area contributed by atoms with Crippen molar-refractivity contribution in [3.05, 3.63) is 97.2 Å². The third-order valence-corrected chi connectivity index (χ3v) is 13.0. The van der Waals surface area contributed by atoms with Gasteiger partial charge in [0.25, 0.3) is 0 Å². The first-order chi connectivity index (χ1) is 34.3. The van der Waals surface area contributed by atoms with Gasteiger partial charge in [-0.25, -0.2) is 0 Å². The molecule has 0 radical (unpaired) electrons. The largest absolute Gasteiger partial charge is 0.394 e. The molecule has 6 N–H and O–H groups in total. The van der Waals surface area contributed by atoms with Crippen LogP contribution in [0.4, 0.5) is 0 Å². The number of hydrogen-bond donors (Lipinski definition) is 6. The van der Waals surface area contributed by atoms with Crippen molar-refractivity contribution in [1.82, 2.24) is 5.32 Å². The van der Waals surface area contributed by atoms with Crippen LogP contribution in [0.1, 0.15) is 226 Å². The first kappa shape index (κ1) is 65.1. The molecule has 0 bridgehead atoms. The highest BCUT2D eigenvalue weighted by molar-refractivity contribution is 5.76. The molecule has 1 rings (SSSR count). The molecule has 402 valence electrons. The van der Waals surface area contributed by atoms with E-state index in [1.807, 2.05) is 0 Å². The molecule has 1 aliphatic heterocycles. The van der Waals surface area contributed by atoms with Gasteiger partial charge >= 0.3 is 0 Å². The predicted octanol–water partition coefficient (Wildman–Crippen LogP) is 14.0. The minimum absolute atomic E-state index is 0.142. The van der Waals surface area contributed by atoms with Gasteiger partial charge in [0.15, 0.2) is 6.29 Å². The van der Waals surface area contributed by atoms with Crippen molar-refractivity contribution in [2.24, 2.45) is 0 Å². The molecule has 0 aromatic rings. The van der Waals surface area contributed by atoms with Gasteiger partial charge in [-0.2, -0.15) is 0 Å². The number of carbonyl (C=O) groups is 1. The zero-order chi connectivity index (χ0) is 50.8. The molecule has 1 saturated heterocycles. The number of nitrogens with one attached hydrogen (secondary N) is 1. The first-order valence-corrected chi connectivity index (χ1v) is 28.4. The van der Waals surface area contributed by atoms with Crippen LogP contribution in [0.5, 0.6) is 0 Å². The van der Waals surface area contributed by atoms with Gasteiger partial charge in [-0.3, -0.25) is 4.79 Å². The molecule has 0 aromatic carbocycles. The molecule has 1 aliphatic rings. The van der Waals surface area contributed by atoms with Gasteiger partial charge < -0.3 is 40.3 Å². The number of aliphatic hydroxyl groups excluding tert-OH is 5. The molecule has 7 unspecified atom stereocenters. The zero-order valence-electron chi connectivity index (χ0n) is 44.5. The summed E-state index contributed by atoms with van der Waals surface area (Å²) in [5, 5.41) is 54.3. The number of amides is 1. The highest BCUT2D eigenvalue weighted by Gasteiger charge is 2.44. The number of aliphatic hydroxyl groups is 5. The Morgan fingerprint density at radius 2 is 0.886 bits per heavy atom. The van der Waals surface area contributed by atoms with Gasteiger partial charge in [-0.15, -0.1) is 0 Å². The van der Waals surface area contributed by atoms with Crippen molar-refractivity contribution < 1.29 is 39.8 Å². The topological polar surface area (TPSA) is 149 Å². The Labute approximate surface area is 428 Å². The quantitative estimate of drug-likeness (QED) is 0.0261. The lowest BCUT2D eigenvalue weighted by atomic mass is 9.99. The van der Waals surface area contributed by atoms with Gasteiger partial charge in [0.2, 0.25) is 5.91 Å². The van der Waals surface area contributed by atoms with E-state index in [2.05, 4.69) is 116 Å². The second-order valence-corrected chi connectivity index (χ2v) is 19.4. The van der Waals surface area contributed by atoms with E-state index in [0.717, 1.165) is 89.9 Å². The van der Waals surface area contributed by atoms with Crippen LogP contribution >= 0.6 is 0 Å². The lowest BCUT2D eigenvalue weighted by Crippen LogP contribution is -2.60. The molecule has 1 heterocycles. The molecule has 70 heavy (non-hydrogen) atoms. The van der Waals surface area contributed by atoms with Gasteiger partial charge in [0.1, 0.15) is 24.4 Å². The van der Waals surface area contributed by atoms with Gasteiger partial charge in [-0.1, -0.05) is 239 Å². The molecule has 0 spiro atoms. The average molecular weight is 981 g/mol. The van der Waals surface area contributed by atoms with Crippen LogP contribution in [0.3, 0.4) is 0 Å². The normalized spacial score (nSPS) is 20.1. The van der Waals surface area contributed by atoms with Crippen molar-refractivity contribution in [2.75, 3.05) is 13.2 Å². The van der Waals surface area contributed by atoms with E-state index >= 15 is 0 Å². The van der Waals surface area contributed by atoms with Gasteiger partial charge in [-0.05, 0) is 77.0 Å². The van der Waals surface area contributed by atoms with Crippen molar-refractivity contribution in [3.63, 3.8) is 0 Å². The van der Waals surface area contributed by atoms with Crippen molar-refractivity contribution in [3.8, 4) is 0 Å². The van der Waals surface area contributed by atoms with E-state index in [9.17, 15) is 30.3 Å².